The molecule has 0 amide bonds. The smallest absolute Gasteiger partial charge is 0.165 e. The van der Waals surface area contributed by atoms with Crippen molar-refractivity contribution in [2.24, 2.45) is 7.05 Å². The Labute approximate surface area is 145 Å². The summed E-state index contributed by atoms with van der Waals surface area (Å²) in [5.74, 6) is 1.70. The van der Waals surface area contributed by atoms with E-state index in [1.807, 2.05) is 29.9 Å². The lowest BCUT2D eigenvalue weighted by atomic mass is 10.0. The van der Waals surface area contributed by atoms with E-state index in [1.165, 1.54) is 12.3 Å². The first-order valence-electron chi connectivity index (χ1n) is 7.69. The van der Waals surface area contributed by atoms with Gasteiger partial charge in [-0.25, -0.2) is 14.4 Å². The van der Waals surface area contributed by atoms with E-state index in [2.05, 4.69) is 15.3 Å². The van der Waals surface area contributed by atoms with Crippen LogP contribution in [0.5, 0.6) is 11.5 Å². The van der Waals surface area contributed by atoms with E-state index in [4.69, 9.17) is 9.47 Å². The monoisotopic (exact) mass is 342 g/mol. The minimum absolute atomic E-state index is 0.150. The molecule has 0 saturated carbocycles. The summed E-state index contributed by atoms with van der Waals surface area (Å²) in [7, 11) is 5.05. The van der Waals surface area contributed by atoms with Crippen LogP contribution >= 0.6 is 0 Å². The number of ether oxygens (including phenoxy) is 2. The number of nitrogens with zero attached hydrogens (tertiary/aromatic N) is 3. The molecule has 0 aliphatic heterocycles. The van der Waals surface area contributed by atoms with E-state index in [1.54, 1.807) is 32.5 Å². The van der Waals surface area contributed by atoms with Crippen molar-refractivity contribution in [3.05, 3.63) is 66.1 Å². The largest absolute Gasteiger partial charge is 0.497 e. The fourth-order valence-corrected chi connectivity index (χ4v) is 2.58. The number of rotatable bonds is 6. The number of aryl methyl sites for hydroxylation is 1. The van der Waals surface area contributed by atoms with Crippen LogP contribution < -0.4 is 14.8 Å². The van der Waals surface area contributed by atoms with Gasteiger partial charge in [0.2, 0.25) is 0 Å². The maximum Gasteiger partial charge on any atom is 0.165 e. The van der Waals surface area contributed by atoms with E-state index in [-0.39, 0.29) is 5.82 Å². The normalized spacial score (nSPS) is 11.8. The molecule has 1 N–H and O–H groups in total. The molecule has 1 atom stereocenters. The van der Waals surface area contributed by atoms with Gasteiger partial charge >= 0.3 is 0 Å². The number of nitrogens with one attached hydrogen (secondary N) is 1. The van der Waals surface area contributed by atoms with Gasteiger partial charge in [-0.05, 0) is 29.8 Å². The highest BCUT2D eigenvalue weighted by atomic mass is 19.1. The molecule has 3 rings (SSSR count). The number of pyridine rings is 1. The van der Waals surface area contributed by atoms with Crippen molar-refractivity contribution in [1.29, 1.82) is 0 Å². The van der Waals surface area contributed by atoms with Crippen LogP contribution in [0.3, 0.4) is 0 Å². The van der Waals surface area contributed by atoms with Crippen LogP contribution in [0, 0.1) is 5.82 Å². The minimum atomic E-state index is -0.437. The first kappa shape index (κ1) is 16.8. The molecule has 0 spiro atoms. The lowest BCUT2D eigenvalue weighted by molar-refractivity contribution is 0.393. The van der Waals surface area contributed by atoms with Gasteiger partial charge in [-0.1, -0.05) is 0 Å². The molecule has 0 radical (unpaired) electrons. The molecular weight excluding hydrogens is 323 g/mol. The van der Waals surface area contributed by atoms with Gasteiger partial charge in [-0.3, -0.25) is 0 Å². The fourth-order valence-electron chi connectivity index (χ4n) is 2.58. The third-order valence-electron chi connectivity index (χ3n) is 3.86. The highest BCUT2D eigenvalue weighted by molar-refractivity contribution is 5.47. The van der Waals surface area contributed by atoms with Gasteiger partial charge in [0, 0.05) is 31.7 Å². The molecule has 1 aromatic carbocycles. The maximum atomic E-state index is 14.1. The Hall–Kier alpha value is -3.09. The van der Waals surface area contributed by atoms with Gasteiger partial charge in [-0.2, -0.15) is 0 Å². The summed E-state index contributed by atoms with van der Waals surface area (Å²) in [5, 5.41) is 3.13. The van der Waals surface area contributed by atoms with Crippen LogP contribution in [0.2, 0.25) is 0 Å². The molecule has 0 bridgehead atoms. The molecule has 2 heterocycles. The number of benzene rings is 1. The van der Waals surface area contributed by atoms with E-state index in [0.717, 1.165) is 5.56 Å². The summed E-state index contributed by atoms with van der Waals surface area (Å²) in [5.41, 5.74) is 0.815. The Morgan fingerprint density at radius 3 is 2.36 bits per heavy atom. The van der Waals surface area contributed by atoms with E-state index in [9.17, 15) is 4.39 Å². The zero-order valence-corrected chi connectivity index (χ0v) is 14.2. The van der Waals surface area contributed by atoms with Crippen molar-refractivity contribution in [2.75, 3.05) is 19.5 Å². The van der Waals surface area contributed by atoms with Gasteiger partial charge in [0.1, 0.15) is 23.4 Å². The van der Waals surface area contributed by atoms with Crippen LogP contribution in [0.25, 0.3) is 0 Å². The molecule has 2 aromatic heterocycles. The first-order chi connectivity index (χ1) is 12.1. The summed E-state index contributed by atoms with van der Waals surface area (Å²) in [4.78, 5) is 8.48. The lowest BCUT2D eigenvalue weighted by Crippen LogP contribution is -2.18. The number of imidazole rings is 1. The van der Waals surface area contributed by atoms with E-state index >= 15 is 0 Å². The second-order valence-corrected chi connectivity index (χ2v) is 5.45. The second-order valence-electron chi connectivity index (χ2n) is 5.45. The van der Waals surface area contributed by atoms with Crippen molar-refractivity contribution < 1.29 is 13.9 Å². The Kier molecular flexibility index (Phi) is 4.83. The quantitative estimate of drug-likeness (QED) is 0.745. The van der Waals surface area contributed by atoms with Crippen molar-refractivity contribution in [1.82, 2.24) is 14.5 Å². The number of hydrogen-bond donors (Lipinski definition) is 1. The van der Waals surface area contributed by atoms with Crippen LogP contribution in [0.4, 0.5) is 10.2 Å². The number of methoxy groups -OCH3 is 2. The molecular formula is C18H19FN4O2. The van der Waals surface area contributed by atoms with Crippen LogP contribution in [0.1, 0.15) is 17.4 Å². The second kappa shape index (κ2) is 7.21. The van der Waals surface area contributed by atoms with Gasteiger partial charge in [0.25, 0.3) is 0 Å². The number of anilines is 1. The molecule has 0 saturated heterocycles. The first-order valence-corrected chi connectivity index (χ1v) is 7.69. The van der Waals surface area contributed by atoms with Crippen molar-refractivity contribution >= 4 is 5.82 Å². The topological polar surface area (TPSA) is 61.2 Å². The predicted octanol–water partition coefficient (Wildman–Crippen LogP) is 3.17. The molecule has 0 fully saturated rings. The van der Waals surface area contributed by atoms with Gasteiger partial charge in [-0.15, -0.1) is 0 Å². The highest BCUT2D eigenvalue weighted by Gasteiger charge is 2.22. The third kappa shape index (κ3) is 3.55. The standard InChI is InChI=1S/C18H19FN4O2/c1-23-8-7-21-18(23)16(22-17-15(19)5-4-6-20-17)12-9-13(24-2)11-14(10-12)25-3/h4-11,16H,1-3H3,(H,20,22)/t16-/m0/s1. The minimum Gasteiger partial charge on any atom is -0.497 e. The maximum absolute atomic E-state index is 14.1. The molecule has 0 unspecified atom stereocenters. The number of aromatic nitrogens is 3. The summed E-state index contributed by atoms with van der Waals surface area (Å²) < 4.78 is 26.7. The van der Waals surface area contributed by atoms with Gasteiger partial charge in [0.15, 0.2) is 11.6 Å². The van der Waals surface area contributed by atoms with E-state index in [0.29, 0.717) is 17.3 Å². The molecule has 0 aliphatic carbocycles. The summed E-state index contributed by atoms with van der Waals surface area (Å²) >= 11 is 0. The zero-order valence-electron chi connectivity index (χ0n) is 14.2. The Bertz CT molecular complexity index is 844. The average molecular weight is 342 g/mol. The SMILES string of the molecule is COc1cc(OC)cc([C@H](Nc2ncccc2F)c2nccn2C)c1. The van der Waals surface area contributed by atoms with Crippen molar-refractivity contribution in [2.45, 2.75) is 6.04 Å². The third-order valence-corrected chi connectivity index (χ3v) is 3.86. The predicted molar refractivity (Wildman–Crippen MR) is 92.4 cm³/mol. The van der Waals surface area contributed by atoms with Crippen molar-refractivity contribution in [3.8, 4) is 11.5 Å². The summed E-state index contributed by atoms with van der Waals surface area (Å²) in [6.45, 7) is 0. The molecule has 6 nitrogen and oxygen atoms in total. The van der Waals surface area contributed by atoms with Gasteiger partial charge in [0.05, 0.1) is 14.2 Å². The van der Waals surface area contributed by atoms with Gasteiger partial charge < -0.3 is 19.4 Å². The van der Waals surface area contributed by atoms with Crippen LogP contribution in [-0.2, 0) is 7.05 Å². The molecule has 0 aliphatic rings. The van der Waals surface area contributed by atoms with Crippen LogP contribution in [0.15, 0.2) is 48.9 Å². The van der Waals surface area contributed by atoms with E-state index < -0.39 is 11.9 Å². The Morgan fingerprint density at radius 1 is 1.08 bits per heavy atom. The molecule has 3 aromatic rings. The molecule has 130 valence electrons. The Balaban J connectivity index is 2.09. The lowest BCUT2D eigenvalue weighted by Gasteiger charge is -2.21. The summed E-state index contributed by atoms with van der Waals surface area (Å²) in [6, 6.07) is 7.96. The molecule has 25 heavy (non-hydrogen) atoms. The highest BCUT2D eigenvalue weighted by Crippen LogP contribution is 2.31. The van der Waals surface area contributed by atoms with Crippen LogP contribution in [-0.4, -0.2) is 28.8 Å². The fraction of sp³-hybridized carbons (Fsp3) is 0.222. The summed E-state index contributed by atoms with van der Waals surface area (Å²) in [6.07, 6.45) is 5.06. The average Bonchev–Trinajstić information content (AvgIpc) is 3.06. The Morgan fingerprint density at radius 2 is 1.80 bits per heavy atom. The van der Waals surface area contributed by atoms with Crippen molar-refractivity contribution in [3.63, 3.8) is 0 Å². The zero-order chi connectivity index (χ0) is 17.8. The number of hydrogen-bond acceptors (Lipinski definition) is 5. The molecule has 7 heteroatoms. The number of halogens is 1.